The first-order valence-corrected chi connectivity index (χ1v) is 5.55. The van der Waals surface area contributed by atoms with Gasteiger partial charge in [-0.25, -0.2) is 0 Å². The van der Waals surface area contributed by atoms with E-state index in [1.807, 2.05) is 13.0 Å². The summed E-state index contributed by atoms with van der Waals surface area (Å²) in [5.74, 6) is 1.53. The van der Waals surface area contributed by atoms with Crippen molar-refractivity contribution in [3.05, 3.63) is 17.5 Å². The summed E-state index contributed by atoms with van der Waals surface area (Å²) in [5.41, 5.74) is 6.72. The summed E-state index contributed by atoms with van der Waals surface area (Å²) < 4.78 is 5.06. The molecule has 2 N–H and O–H groups in total. The average molecular weight is 209 g/mol. The molecule has 2 heterocycles. The molecule has 4 heteroatoms. The van der Waals surface area contributed by atoms with Crippen LogP contribution in [0.25, 0.3) is 0 Å². The van der Waals surface area contributed by atoms with Crippen molar-refractivity contribution in [1.29, 1.82) is 0 Å². The van der Waals surface area contributed by atoms with E-state index >= 15 is 0 Å². The molecular formula is C11H19N3O. The Bertz CT molecular complexity index is 323. The molecule has 0 spiro atoms. The van der Waals surface area contributed by atoms with Crippen LogP contribution in [-0.4, -0.2) is 29.2 Å². The van der Waals surface area contributed by atoms with Gasteiger partial charge in [0.2, 0.25) is 0 Å². The molecule has 15 heavy (non-hydrogen) atoms. The fraction of sp³-hybridized carbons (Fsp3) is 0.727. The van der Waals surface area contributed by atoms with E-state index in [1.165, 1.54) is 6.42 Å². The van der Waals surface area contributed by atoms with Crippen molar-refractivity contribution in [1.82, 2.24) is 10.1 Å². The molecular weight excluding hydrogens is 190 g/mol. The van der Waals surface area contributed by atoms with Gasteiger partial charge >= 0.3 is 0 Å². The third-order valence-corrected chi connectivity index (χ3v) is 3.17. The van der Waals surface area contributed by atoms with E-state index in [1.54, 1.807) is 0 Å². The highest BCUT2D eigenvalue weighted by atomic mass is 16.5. The van der Waals surface area contributed by atoms with Crippen LogP contribution in [0.2, 0.25) is 0 Å². The SMILES string of the molecule is Cc1cc(CN2CC(CN)CC2C)no1. The van der Waals surface area contributed by atoms with Gasteiger partial charge in [0.05, 0.1) is 5.69 Å². The van der Waals surface area contributed by atoms with Crippen LogP contribution < -0.4 is 5.73 Å². The van der Waals surface area contributed by atoms with Crippen molar-refractivity contribution in [2.45, 2.75) is 32.9 Å². The average Bonchev–Trinajstić information content (AvgIpc) is 2.75. The highest BCUT2D eigenvalue weighted by Crippen LogP contribution is 2.23. The van der Waals surface area contributed by atoms with Gasteiger partial charge in [0.25, 0.3) is 0 Å². The van der Waals surface area contributed by atoms with Crippen molar-refractivity contribution >= 4 is 0 Å². The Balaban J connectivity index is 1.95. The molecule has 1 aliphatic heterocycles. The van der Waals surface area contributed by atoms with Crippen LogP contribution in [0.4, 0.5) is 0 Å². The lowest BCUT2D eigenvalue weighted by molar-refractivity contribution is 0.247. The summed E-state index contributed by atoms with van der Waals surface area (Å²) in [4.78, 5) is 2.43. The number of rotatable bonds is 3. The first-order chi connectivity index (χ1) is 7.19. The molecule has 84 valence electrons. The molecule has 1 aromatic heterocycles. The Hall–Kier alpha value is -0.870. The predicted octanol–water partition coefficient (Wildman–Crippen LogP) is 1.15. The fourth-order valence-corrected chi connectivity index (χ4v) is 2.31. The fourth-order valence-electron chi connectivity index (χ4n) is 2.31. The number of hydrogen-bond acceptors (Lipinski definition) is 4. The van der Waals surface area contributed by atoms with Gasteiger partial charge < -0.3 is 10.3 Å². The zero-order chi connectivity index (χ0) is 10.8. The van der Waals surface area contributed by atoms with E-state index in [0.29, 0.717) is 12.0 Å². The van der Waals surface area contributed by atoms with Crippen molar-refractivity contribution in [2.75, 3.05) is 13.1 Å². The maximum absolute atomic E-state index is 5.69. The monoisotopic (exact) mass is 209 g/mol. The van der Waals surface area contributed by atoms with Crippen LogP contribution in [0.3, 0.4) is 0 Å². The topological polar surface area (TPSA) is 55.3 Å². The molecule has 1 fully saturated rings. The largest absolute Gasteiger partial charge is 0.361 e. The minimum atomic E-state index is 0.607. The Labute approximate surface area is 90.4 Å². The van der Waals surface area contributed by atoms with E-state index < -0.39 is 0 Å². The normalized spacial score (nSPS) is 27.4. The minimum Gasteiger partial charge on any atom is -0.361 e. The molecule has 0 aliphatic carbocycles. The van der Waals surface area contributed by atoms with Crippen molar-refractivity contribution in [3.8, 4) is 0 Å². The van der Waals surface area contributed by atoms with E-state index in [2.05, 4.69) is 17.0 Å². The zero-order valence-corrected chi connectivity index (χ0v) is 9.44. The lowest BCUT2D eigenvalue weighted by Crippen LogP contribution is -2.27. The third-order valence-electron chi connectivity index (χ3n) is 3.17. The molecule has 1 saturated heterocycles. The maximum atomic E-state index is 5.69. The second-order valence-corrected chi connectivity index (χ2v) is 4.54. The van der Waals surface area contributed by atoms with Crippen LogP contribution in [0.1, 0.15) is 24.8 Å². The summed E-state index contributed by atoms with van der Waals surface area (Å²) in [6, 6.07) is 2.61. The van der Waals surface area contributed by atoms with Crippen LogP contribution in [0.5, 0.6) is 0 Å². The molecule has 1 aliphatic rings. The third kappa shape index (κ3) is 2.38. The number of aryl methyl sites for hydroxylation is 1. The van der Waals surface area contributed by atoms with Crippen LogP contribution >= 0.6 is 0 Å². The van der Waals surface area contributed by atoms with E-state index in [0.717, 1.165) is 31.1 Å². The summed E-state index contributed by atoms with van der Waals surface area (Å²) in [6.45, 7) is 6.94. The van der Waals surface area contributed by atoms with Crippen LogP contribution in [0.15, 0.2) is 10.6 Å². The molecule has 2 atom stereocenters. The molecule has 0 aromatic carbocycles. The number of aromatic nitrogens is 1. The molecule has 2 unspecified atom stereocenters. The molecule has 0 radical (unpaired) electrons. The summed E-state index contributed by atoms with van der Waals surface area (Å²) >= 11 is 0. The van der Waals surface area contributed by atoms with Gasteiger partial charge in [0, 0.05) is 25.2 Å². The molecule has 0 saturated carbocycles. The molecule has 0 amide bonds. The predicted molar refractivity (Wildman–Crippen MR) is 58.3 cm³/mol. The summed E-state index contributed by atoms with van der Waals surface area (Å²) in [5, 5.41) is 4.02. The van der Waals surface area contributed by atoms with E-state index in [4.69, 9.17) is 10.3 Å². The maximum Gasteiger partial charge on any atom is 0.133 e. The second-order valence-electron chi connectivity index (χ2n) is 4.54. The Kier molecular flexibility index (Phi) is 3.07. The number of nitrogens with two attached hydrogens (primary N) is 1. The van der Waals surface area contributed by atoms with Gasteiger partial charge in [0.1, 0.15) is 5.76 Å². The van der Waals surface area contributed by atoms with Gasteiger partial charge in [-0.05, 0) is 32.7 Å². The van der Waals surface area contributed by atoms with Crippen molar-refractivity contribution < 1.29 is 4.52 Å². The standard InChI is InChI=1S/C11H19N3O/c1-8-3-10(5-12)6-14(8)7-11-4-9(2)15-13-11/h4,8,10H,3,5-7,12H2,1-2H3. The zero-order valence-electron chi connectivity index (χ0n) is 9.44. The smallest absolute Gasteiger partial charge is 0.133 e. The first-order valence-electron chi connectivity index (χ1n) is 5.55. The molecule has 1 aromatic rings. The van der Waals surface area contributed by atoms with Gasteiger partial charge in [-0.1, -0.05) is 5.16 Å². The summed E-state index contributed by atoms with van der Waals surface area (Å²) in [7, 11) is 0. The molecule has 0 bridgehead atoms. The second kappa shape index (κ2) is 4.33. The van der Waals surface area contributed by atoms with E-state index in [9.17, 15) is 0 Å². The number of hydrogen-bond donors (Lipinski definition) is 1. The highest BCUT2D eigenvalue weighted by Gasteiger charge is 2.28. The Morgan fingerprint density at radius 1 is 1.67 bits per heavy atom. The lowest BCUT2D eigenvalue weighted by Gasteiger charge is -2.19. The highest BCUT2D eigenvalue weighted by molar-refractivity contribution is 5.04. The first kappa shape index (κ1) is 10.6. The van der Waals surface area contributed by atoms with Gasteiger partial charge in [-0.2, -0.15) is 0 Å². The quantitative estimate of drug-likeness (QED) is 0.811. The minimum absolute atomic E-state index is 0.607. The van der Waals surface area contributed by atoms with Gasteiger partial charge in [0.15, 0.2) is 0 Å². The van der Waals surface area contributed by atoms with Gasteiger partial charge in [-0.3, -0.25) is 4.90 Å². The Morgan fingerprint density at radius 2 is 2.47 bits per heavy atom. The van der Waals surface area contributed by atoms with Crippen LogP contribution in [0, 0.1) is 12.8 Å². The lowest BCUT2D eigenvalue weighted by atomic mass is 10.1. The van der Waals surface area contributed by atoms with Crippen molar-refractivity contribution in [2.24, 2.45) is 11.7 Å². The molecule has 2 rings (SSSR count). The Morgan fingerprint density at radius 3 is 3.00 bits per heavy atom. The number of nitrogens with zero attached hydrogens (tertiary/aromatic N) is 2. The van der Waals surface area contributed by atoms with Crippen LogP contribution in [-0.2, 0) is 6.54 Å². The van der Waals surface area contributed by atoms with Gasteiger partial charge in [-0.15, -0.1) is 0 Å². The number of likely N-dealkylation sites (tertiary alicyclic amines) is 1. The van der Waals surface area contributed by atoms with Crippen molar-refractivity contribution in [3.63, 3.8) is 0 Å². The molecule has 4 nitrogen and oxygen atoms in total. The summed E-state index contributed by atoms with van der Waals surface area (Å²) in [6.07, 6.45) is 1.20. The van der Waals surface area contributed by atoms with E-state index in [-0.39, 0.29) is 0 Å².